The van der Waals surface area contributed by atoms with Crippen molar-refractivity contribution in [1.82, 2.24) is 14.4 Å². The first-order chi connectivity index (χ1) is 20.3. The Morgan fingerprint density at radius 2 is 1.88 bits per heavy atom. The number of carbonyl (C=O) groups excluding carboxylic acids is 3. The quantitative estimate of drug-likeness (QED) is 0.340. The second kappa shape index (κ2) is 12.9. The lowest BCUT2D eigenvalue weighted by molar-refractivity contribution is -0.153. The van der Waals surface area contributed by atoms with Crippen LogP contribution in [0.4, 0.5) is 0 Å². The smallest absolute Gasteiger partial charge is 0.325 e. The summed E-state index contributed by atoms with van der Waals surface area (Å²) in [6.07, 6.45) is 1.48. The molecule has 2 amide bonds. The Kier molecular flexibility index (Phi) is 9.03. The van der Waals surface area contributed by atoms with E-state index in [-0.39, 0.29) is 44.5 Å². The maximum atomic E-state index is 13.3. The second-order valence-corrected chi connectivity index (χ2v) is 10.5. The van der Waals surface area contributed by atoms with Crippen LogP contribution >= 0.6 is 11.6 Å². The summed E-state index contributed by atoms with van der Waals surface area (Å²) in [7, 11) is 3.17. The summed E-state index contributed by atoms with van der Waals surface area (Å²) in [5.74, 6) is 0.241. The van der Waals surface area contributed by atoms with Gasteiger partial charge in [0.1, 0.15) is 12.6 Å². The predicted octanol–water partition coefficient (Wildman–Crippen LogP) is 4.32. The monoisotopic (exact) mass is 595 g/mol. The summed E-state index contributed by atoms with van der Waals surface area (Å²) in [6, 6.07) is 15.2. The Morgan fingerprint density at radius 1 is 1.05 bits per heavy atom. The minimum atomic E-state index is -0.572. The lowest BCUT2D eigenvalue weighted by Gasteiger charge is -2.34. The molecule has 3 heterocycles. The van der Waals surface area contributed by atoms with E-state index in [1.165, 1.54) is 9.80 Å². The third-order valence-corrected chi connectivity index (χ3v) is 7.81. The van der Waals surface area contributed by atoms with Gasteiger partial charge in [-0.2, -0.15) is 0 Å². The molecule has 2 aliphatic rings. The zero-order valence-electron chi connectivity index (χ0n) is 23.9. The molecule has 42 heavy (non-hydrogen) atoms. The van der Waals surface area contributed by atoms with E-state index in [2.05, 4.69) is 4.57 Å². The Morgan fingerprint density at radius 3 is 2.62 bits per heavy atom. The van der Waals surface area contributed by atoms with Gasteiger partial charge in [0.05, 0.1) is 44.9 Å². The van der Waals surface area contributed by atoms with Gasteiger partial charge in [0, 0.05) is 41.9 Å². The molecule has 1 aromatic heterocycles. The summed E-state index contributed by atoms with van der Waals surface area (Å²) in [4.78, 5) is 40.8. The highest BCUT2D eigenvalue weighted by atomic mass is 35.5. The molecule has 0 N–H and O–H groups in total. The number of rotatable bonds is 9. The van der Waals surface area contributed by atoms with E-state index in [4.69, 9.17) is 30.5 Å². The summed E-state index contributed by atoms with van der Waals surface area (Å²) >= 11 is 6.48. The molecule has 222 valence electrons. The Labute approximate surface area is 249 Å². The number of piperazine rings is 1. The van der Waals surface area contributed by atoms with Gasteiger partial charge in [-0.1, -0.05) is 23.7 Å². The fourth-order valence-corrected chi connectivity index (χ4v) is 5.76. The van der Waals surface area contributed by atoms with E-state index in [1.54, 1.807) is 21.1 Å². The summed E-state index contributed by atoms with van der Waals surface area (Å²) < 4.78 is 25.2. The van der Waals surface area contributed by atoms with Crippen LogP contribution in [0.25, 0.3) is 5.69 Å². The minimum absolute atomic E-state index is 0.0757. The van der Waals surface area contributed by atoms with Gasteiger partial charge in [-0.15, -0.1) is 0 Å². The number of hydrogen-bond donors (Lipinski definition) is 0. The van der Waals surface area contributed by atoms with Crippen molar-refractivity contribution in [3.8, 4) is 17.2 Å². The van der Waals surface area contributed by atoms with Crippen molar-refractivity contribution < 1.29 is 33.3 Å². The number of methoxy groups -OCH3 is 2. The van der Waals surface area contributed by atoms with Crippen molar-refractivity contribution in [3.05, 3.63) is 76.6 Å². The van der Waals surface area contributed by atoms with Crippen molar-refractivity contribution in [2.24, 2.45) is 0 Å². The number of carbonyl (C=O) groups is 3. The highest BCUT2D eigenvalue weighted by Crippen LogP contribution is 2.46. The van der Waals surface area contributed by atoms with Gasteiger partial charge in [-0.25, -0.2) is 0 Å². The van der Waals surface area contributed by atoms with Gasteiger partial charge in [-0.05, 0) is 49.7 Å². The van der Waals surface area contributed by atoms with Gasteiger partial charge in [0.15, 0.2) is 11.5 Å². The lowest BCUT2D eigenvalue weighted by Crippen LogP contribution is -2.53. The van der Waals surface area contributed by atoms with Gasteiger partial charge in [0.25, 0.3) is 0 Å². The molecule has 2 aromatic carbocycles. The molecule has 0 bridgehead atoms. The molecule has 0 spiro atoms. The highest BCUT2D eigenvalue weighted by Gasteiger charge is 2.34. The van der Waals surface area contributed by atoms with E-state index in [9.17, 15) is 14.4 Å². The number of nitrogens with zero attached hydrogens (tertiary/aromatic N) is 3. The lowest BCUT2D eigenvalue weighted by atomic mass is 9.98. The standard InChI is InChI=1S/C31H34ClN3O7/c1-4-41-29(38)19-34-16-15-33(18-28(34)37)27(36)13-12-25-24-8-6-14-35(24)23-11-10-20(32)17-22(23)30(42-25)21-7-5-9-26(39-2)31(21)40-3/h5-11,14,17,25,30H,4,12-13,15-16,18-19H2,1-3H3/t25-,30-/m1/s1. The third kappa shape index (κ3) is 5.96. The first kappa shape index (κ1) is 29.5. The number of esters is 1. The first-order valence-electron chi connectivity index (χ1n) is 13.9. The van der Waals surface area contributed by atoms with Crippen LogP contribution in [0.15, 0.2) is 54.7 Å². The molecular weight excluding hydrogens is 562 g/mol. The van der Waals surface area contributed by atoms with E-state index in [0.717, 1.165) is 22.5 Å². The fraction of sp³-hybridized carbons (Fsp3) is 0.387. The largest absolute Gasteiger partial charge is 0.493 e. The Balaban J connectivity index is 1.38. The van der Waals surface area contributed by atoms with Crippen LogP contribution in [0, 0.1) is 0 Å². The molecule has 3 aromatic rings. The van der Waals surface area contributed by atoms with Gasteiger partial charge < -0.3 is 33.3 Å². The Bertz CT molecular complexity index is 1470. The highest BCUT2D eigenvalue weighted by molar-refractivity contribution is 6.30. The number of hydrogen-bond acceptors (Lipinski definition) is 7. The zero-order valence-corrected chi connectivity index (χ0v) is 24.6. The Hall–Kier alpha value is -4.02. The van der Waals surface area contributed by atoms with E-state index >= 15 is 0 Å². The zero-order chi connectivity index (χ0) is 29.8. The van der Waals surface area contributed by atoms with Crippen molar-refractivity contribution >= 4 is 29.4 Å². The van der Waals surface area contributed by atoms with Gasteiger partial charge >= 0.3 is 5.97 Å². The number of amides is 2. The molecule has 0 unspecified atom stereocenters. The van der Waals surface area contributed by atoms with Crippen LogP contribution in [0.2, 0.25) is 5.02 Å². The maximum Gasteiger partial charge on any atom is 0.325 e. The van der Waals surface area contributed by atoms with Crippen LogP contribution < -0.4 is 9.47 Å². The van der Waals surface area contributed by atoms with Crippen LogP contribution in [0.5, 0.6) is 11.5 Å². The molecule has 5 rings (SSSR count). The van der Waals surface area contributed by atoms with Crippen molar-refractivity contribution in [1.29, 1.82) is 0 Å². The second-order valence-electron chi connectivity index (χ2n) is 10.1. The van der Waals surface area contributed by atoms with Crippen LogP contribution in [0.1, 0.15) is 48.8 Å². The normalized spacial score (nSPS) is 18.1. The van der Waals surface area contributed by atoms with Crippen LogP contribution in [-0.4, -0.2) is 79.2 Å². The molecule has 11 heteroatoms. The van der Waals surface area contributed by atoms with E-state index < -0.39 is 18.2 Å². The summed E-state index contributed by atoms with van der Waals surface area (Å²) in [5, 5.41) is 0.568. The van der Waals surface area contributed by atoms with E-state index in [1.807, 2.05) is 54.7 Å². The van der Waals surface area contributed by atoms with Crippen molar-refractivity contribution in [2.45, 2.75) is 32.0 Å². The number of benzene rings is 2. The SMILES string of the molecule is CCOC(=O)CN1CCN(C(=O)CC[C@H]2O[C@H](c3cccc(OC)c3OC)c3cc(Cl)ccc3-n3cccc32)CC1=O. The third-order valence-electron chi connectivity index (χ3n) is 7.58. The van der Waals surface area contributed by atoms with E-state index in [0.29, 0.717) is 29.5 Å². The van der Waals surface area contributed by atoms with Crippen molar-refractivity contribution in [3.63, 3.8) is 0 Å². The summed E-state index contributed by atoms with van der Waals surface area (Å²) in [6.45, 7) is 2.41. The molecular formula is C31H34ClN3O7. The molecule has 2 aliphatic heterocycles. The number of fused-ring (bicyclic) bond motifs is 3. The molecule has 1 saturated heterocycles. The number of para-hydroxylation sites is 1. The molecule has 1 fully saturated rings. The van der Waals surface area contributed by atoms with Gasteiger partial charge in [-0.3, -0.25) is 14.4 Å². The topological polar surface area (TPSA) is 99.5 Å². The van der Waals surface area contributed by atoms with Crippen molar-refractivity contribution in [2.75, 3.05) is 47.0 Å². The minimum Gasteiger partial charge on any atom is -0.493 e. The predicted molar refractivity (Wildman–Crippen MR) is 155 cm³/mol. The molecule has 10 nitrogen and oxygen atoms in total. The molecule has 0 aliphatic carbocycles. The number of halogens is 1. The molecule has 0 saturated carbocycles. The van der Waals surface area contributed by atoms with Gasteiger partial charge in [0.2, 0.25) is 11.8 Å². The van der Waals surface area contributed by atoms with Crippen LogP contribution in [0.3, 0.4) is 0 Å². The average Bonchev–Trinajstić information content (AvgIpc) is 3.43. The molecule has 2 atom stereocenters. The summed E-state index contributed by atoms with van der Waals surface area (Å²) in [5.41, 5.74) is 3.42. The van der Waals surface area contributed by atoms with Crippen LogP contribution in [-0.2, 0) is 23.9 Å². The fourth-order valence-electron chi connectivity index (χ4n) is 5.58. The average molecular weight is 596 g/mol. The number of aromatic nitrogens is 1. The first-order valence-corrected chi connectivity index (χ1v) is 14.3. The maximum absolute atomic E-state index is 13.3. The molecule has 0 radical (unpaired) electrons. The number of ether oxygens (including phenoxy) is 4.